The van der Waals surface area contributed by atoms with E-state index in [1.165, 1.54) is 22.4 Å². The Morgan fingerprint density at radius 3 is 2.41 bits per heavy atom. The van der Waals surface area contributed by atoms with Crippen molar-refractivity contribution in [2.24, 2.45) is 0 Å². The largest absolute Gasteiger partial charge is 0.497 e. The molecule has 0 aliphatic carbocycles. The molecule has 1 saturated heterocycles. The number of methoxy groups -OCH3 is 1. The summed E-state index contributed by atoms with van der Waals surface area (Å²) >= 11 is 0. The molecule has 0 spiro atoms. The highest BCUT2D eigenvalue weighted by molar-refractivity contribution is 5.76. The summed E-state index contributed by atoms with van der Waals surface area (Å²) in [7, 11) is 1.66. The number of amides is 1. The Morgan fingerprint density at radius 1 is 1.07 bits per heavy atom. The van der Waals surface area contributed by atoms with Crippen LogP contribution in [0.1, 0.15) is 5.56 Å². The number of nitrogens with one attached hydrogen (secondary N) is 1. The lowest BCUT2D eigenvalue weighted by Gasteiger charge is -2.34. The maximum atomic E-state index is 12.4. The van der Waals surface area contributed by atoms with Crippen molar-refractivity contribution in [2.45, 2.75) is 13.0 Å². The first-order valence-electron chi connectivity index (χ1n) is 8.98. The lowest BCUT2D eigenvalue weighted by Crippen LogP contribution is -2.50. The molecule has 0 unspecified atom stereocenters. The van der Waals surface area contributed by atoms with Crippen molar-refractivity contribution in [3.63, 3.8) is 0 Å². The van der Waals surface area contributed by atoms with Gasteiger partial charge in [-0.3, -0.25) is 24.0 Å². The van der Waals surface area contributed by atoms with E-state index in [4.69, 9.17) is 4.74 Å². The number of hydrogen-bond acceptors (Lipinski definition) is 5. The fourth-order valence-corrected chi connectivity index (χ4v) is 3.11. The maximum Gasteiger partial charge on any atom is 0.328 e. The number of rotatable bonds is 6. The first-order valence-corrected chi connectivity index (χ1v) is 8.98. The number of benzene rings is 1. The number of H-pyrrole nitrogens is 1. The Kier molecular flexibility index (Phi) is 6.08. The first-order chi connectivity index (χ1) is 13.0. The number of nitrogens with zero attached hydrogens (tertiary/aromatic N) is 3. The monoisotopic (exact) mass is 372 g/mol. The molecular weight excluding hydrogens is 348 g/mol. The fourth-order valence-electron chi connectivity index (χ4n) is 3.11. The summed E-state index contributed by atoms with van der Waals surface area (Å²) in [5.74, 6) is 0.742. The van der Waals surface area contributed by atoms with Crippen molar-refractivity contribution in [1.82, 2.24) is 19.4 Å². The van der Waals surface area contributed by atoms with E-state index in [0.29, 0.717) is 13.1 Å². The summed E-state index contributed by atoms with van der Waals surface area (Å²) < 4.78 is 6.39. The molecule has 0 saturated carbocycles. The average molecular weight is 372 g/mol. The molecule has 1 aromatic carbocycles. The molecule has 0 bridgehead atoms. The summed E-state index contributed by atoms with van der Waals surface area (Å²) in [6.45, 7) is 3.78. The fraction of sp³-hybridized carbons (Fsp3) is 0.421. The zero-order valence-electron chi connectivity index (χ0n) is 15.4. The van der Waals surface area contributed by atoms with Crippen LogP contribution in [-0.2, 0) is 17.8 Å². The van der Waals surface area contributed by atoms with E-state index >= 15 is 0 Å². The minimum atomic E-state index is -0.561. The summed E-state index contributed by atoms with van der Waals surface area (Å²) in [6, 6.07) is 9.31. The van der Waals surface area contributed by atoms with Gasteiger partial charge < -0.3 is 9.64 Å². The lowest BCUT2D eigenvalue weighted by atomic mass is 10.1. The minimum Gasteiger partial charge on any atom is -0.497 e. The predicted molar refractivity (Wildman–Crippen MR) is 101 cm³/mol. The molecule has 144 valence electrons. The summed E-state index contributed by atoms with van der Waals surface area (Å²) in [5, 5.41) is 0. The van der Waals surface area contributed by atoms with Crippen LogP contribution in [0.4, 0.5) is 0 Å². The Hall–Kier alpha value is -2.87. The van der Waals surface area contributed by atoms with Gasteiger partial charge in [-0.2, -0.15) is 0 Å². The minimum absolute atomic E-state index is 0.0541. The third-order valence-electron chi connectivity index (χ3n) is 4.80. The van der Waals surface area contributed by atoms with Gasteiger partial charge in [-0.25, -0.2) is 4.79 Å². The van der Waals surface area contributed by atoms with Gasteiger partial charge >= 0.3 is 5.69 Å². The lowest BCUT2D eigenvalue weighted by molar-refractivity contribution is -0.133. The second-order valence-corrected chi connectivity index (χ2v) is 6.56. The topological polar surface area (TPSA) is 87.6 Å². The highest BCUT2D eigenvalue weighted by Gasteiger charge is 2.21. The number of carbonyl (C=O) groups is 1. The zero-order valence-corrected chi connectivity index (χ0v) is 15.4. The number of piperazine rings is 1. The molecular formula is C19H24N4O4. The van der Waals surface area contributed by atoms with Crippen LogP contribution in [0.25, 0.3) is 0 Å². The van der Waals surface area contributed by atoms with Gasteiger partial charge in [0.05, 0.1) is 7.11 Å². The van der Waals surface area contributed by atoms with Crippen LogP contribution in [0, 0.1) is 0 Å². The highest BCUT2D eigenvalue weighted by Crippen LogP contribution is 2.12. The maximum absolute atomic E-state index is 12.4. The van der Waals surface area contributed by atoms with E-state index in [1.807, 2.05) is 12.1 Å². The Bertz CT molecular complexity index is 880. The molecule has 0 radical (unpaired) electrons. The summed E-state index contributed by atoms with van der Waals surface area (Å²) in [5.41, 5.74) is 0.231. The van der Waals surface area contributed by atoms with Gasteiger partial charge in [-0.1, -0.05) is 12.1 Å². The number of aromatic amines is 1. The van der Waals surface area contributed by atoms with Gasteiger partial charge in [0.1, 0.15) is 12.3 Å². The second kappa shape index (κ2) is 8.68. The number of ether oxygens (including phenoxy) is 1. The van der Waals surface area contributed by atoms with Crippen molar-refractivity contribution in [3.05, 3.63) is 62.9 Å². The smallest absolute Gasteiger partial charge is 0.328 e. The van der Waals surface area contributed by atoms with Crippen molar-refractivity contribution >= 4 is 5.91 Å². The van der Waals surface area contributed by atoms with Crippen LogP contribution >= 0.6 is 0 Å². The molecule has 8 nitrogen and oxygen atoms in total. The van der Waals surface area contributed by atoms with E-state index in [9.17, 15) is 14.4 Å². The third-order valence-corrected chi connectivity index (χ3v) is 4.80. The highest BCUT2D eigenvalue weighted by atomic mass is 16.5. The van der Waals surface area contributed by atoms with E-state index in [1.54, 1.807) is 12.0 Å². The second-order valence-electron chi connectivity index (χ2n) is 6.56. The van der Waals surface area contributed by atoms with Crippen molar-refractivity contribution in [2.75, 3.05) is 39.8 Å². The van der Waals surface area contributed by atoms with Crippen LogP contribution in [-0.4, -0.2) is 65.1 Å². The van der Waals surface area contributed by atoms with Crippen LogP contribution in [0.15, 0.2) is 46.1 Å². The predicted octanol–water partition coefficient (Wildman–Crippen LogP) is -0.0679. The SMILES string of the molecule is COc1ccc(CCN2CCN(C(=O)Cn3ccc(=O)[nH]c3=O)CC2)cc1. The molecule has 1 N–H and O–H groups in total. The molecule has 2 aromatic rings. The number of hydrogen-bond donors (Lipinski definition) is 1. The quantitative estimate of drug-likeness (QED) is 0.767. The third kappa shape index (κ3) is 5.07. The zero-order chi connectivity index (χ0) is 19.2. The molecule has 1 amide bonds. The Morgan fingerprint density at radius 2 is 1.78 bits per heavy atom. The molecule has 1 fully saturated rings. The molecule has 8 heteroatoms. The molecule has 1 aromatic heterocycles. The van der Waals surface area contributed by atoms with E-state index in [0.717, 1.165) is 31.8 Å². The van der Waals surface area contributed by atoms with E-state index in [2.05, 4.69) is 22.0 Å². The van der Waals surface area contributed by atoms with Gasteiger partial charge in [0.2, 0.25) is 5.91 Å². The molecule has 3 rings (SSSR count). The van der Waals surface area contributed by atoms with Crippen molar-refractivity contribution in [1.29, 1.82) is 0 Å². The summed E-state index contributed by atoms with van der Waals surface area (Å²) in [4.78, 5) is 41.4. The van der Waals surface area contributed by atoms with Crippen molar-refractivity contribution in [3.8, 4) is 5.75 Å². The Labute approximate surface area is 157 Å². The van der Waals surface area contributed by atoms with Gasteiger partial charge in [-0.05, 0) is 24.1 Å². The summed E-state index contributed by atoms with van der Waals surface area (Å²) in [6.07, 6.45) is 2.30. The van der Waals surface area contributed by atoms with Gasteiger partial charge in [-0.15, -0.1) is 0 Å². The number of aromatic nitrogens is 2. The van der Waals surface area contributed by atoms with Gasteiger partial charge in [0.25, 0.3) is 5.56 Å². The molecule has 0 atom stereocenters. The molecule has 1 aliphatic rings. The van der Waals surface area contributed by atoms with Gasteiger partial charge in [0.15, 0.2) is 0 Å². The van der Waals surface area contributed by atoms with E-state index < -0.39 is 11.2 Å². The van der Waals surface area contributed by atoms with Crippen LogP contribution < -0.4 is 16.0 Å². The standard InChI is InChI=1S/C19H24N4O4/c1-27-16-4-2-15(3-5-16)6-8-21-10-12-22(13-11-21)18(25)14-23-9-7-17(24)20-19(23)26/h2-5,7,9H,6,8,10-14H2,1H3,(H,20,24,26). The van der Waals surface area contributed by atoms with Gasteiger partial charge in [0, 0.05) is 45.0 Å². The Balaban J connectivity index is 1.45. The van der Waals surface area contributed by atoms with Crippen molar-refractivity contribution < 1.29 is 9.53 Å². The number of carbonyl (C=O) groups excluding carboxylic acids is 1. The van der Waals surface area contributed by atoms with Crippen LogP contribution in [0.2, 0.25) is 0 Å². The molecule has 27 heavy (non-hydrogen) atoms. The van der Waals surface area contributed by atoms with Crippen LogP contribution in [0.3, 0.4) is 0 Å². The average Bonchev–Trinajstić information content (AvgIpc) is 2.69. The van der Waals surface area contributed by atoms with E-state index in [-0.39, 0.29) is 12.5 Å². The normalized spacial score (nSPS) is 14.9. The van der Waals surface area contributed by atoms with Crippen LogP contribution in [0.5, 0.6) is 5.75 Å². The molecule has 1 aliphatic heterocycles. The molecule has 2 heterocycles. The first kappa shape index (κ1) is 18.9.